The molecule has 1 saturated carbocycles. The number of hydrogen-bond acceptors (Lipinski definition) is 9. The number of phenols is 1. The van der Waals surface area contributed by atoms with Crippen molar-refractivity contribution in [3.8, 4) is 27.8 Å². The number of allylic oxidation sites excluding steroid dienone is 2. The van der Waals surface area contributed by atoms with E-state index < -0.39 is 46.8 Å². The molecule has 14 heteroatoms. The number of thiophene rings is 1. The Balaban J connectivity index is 0.999. The van der Waals surface area contributed by atoms with Crippen LogP contribution >= 0.6 is 38.9 Å². The lowest BCUT2D eigenvalue weighted by atomic mass is 9.51. The van der Waals surface area contributed by atoms with Gasteiger partial charge >= 0.3 is 0 Å². The fourth-order valence-electron chi connectivity index (χ4n) is 10.7. The fraction of sp³-hybridized carbons (Fsp3) is 0.260. The fourth-order valence-corrected chi connectivity index (χ4v) is 12.4. The molecule has 0 radical (unpaired) electrons. The van der Waals surface area contributed by atoms with E-state index in [4.69, 9.17) is 26.2 Å². The van der Waals surface area contributed by atoms with Crippen LogP contribution in [0.4, 0.5) is 11.5 Å². The largest absolute Gasteiger partial charge is 0.508 e. The van der Waals surface area contributed by atoms with Crippen LogP contribution in [0.2, 0.25) is 5.02 Å². The van der Waals surface area contributed by atoms with E-state index >= 15 is 9.59 Å². The third-order valence-corrected chi connectivity index (χ3v) is 15.9. The summed E-state index contributed by atoms with van der Waals surface area (Å²) < 4.78 is 14.2. The van der Waals surface area contributed by atoms with Gasteiger partial charge in [-0.25, -0.2) is 4.90 Å². The van der Waals surface area contributed by atoms with Gasteiger partial charge in [0.25, 0.3) is 0 Å². The van der Waals surface area contributed by atoms with E-state index in [1.165, 1.54) is 9.80 Å². The van der Waals surface area contributed by atoms with Gasteiger partial charge < -0.3 is 14.6 Å². The van der Waals surface area contributed by atoms with Crippen molar-refractivity contribution in [2.75, 3.05) is 24.0 Å². The molecular formula is C50H42BrClN4O7S. The Hall–Kier alpha value is -6.02. The molecule has 2 saturated heterocycles. The van der Waals surface area contributed by atoms with Gasteiger partial charge in [0.1, 0.15) is 28.8 Å². The molecule has 4 heterocycles. The van der Waals surface area contributed by atoms with Crippen LogP contribution in [0.3, 0.4) is 0 Å². The van der Waals surface area contributed by atoms with Gasteiger partial charge in [0.2, 0.25) is 23.6 Å². The highest BCUT2D eigenvalue weighted by Crippen LogP contribution is 2.64. The Bertz CT molecular complexity index is 3050. The molecule has 0 spiro atoms. The summed E-state index contributed by atoms with van der Waals surface area (Å²) in [6, 6.07) is 25.3. The summed E-state index contributed by atoms with van der Waals surface area (Å²) in [5, 5.41) is 18.0. The van der Waals surface area contributed by atoms with Crippen molar-refractivity contribution in [2.24, 2.45) is 36.1 Å². The van der Waals surface area contributed by atoms with Gasteiger partial charge in [-0.2, -0.15) is 5.10 Å². The topological polar surface area (TPSA) is 131 Å². The van der Waals surface area contributed by atoms with E-state index in [-0.39, 0.29) is 30.4 Å². The average molecular weight is 958 g/mol. The highest BCUT2D eigenvalue weighted by atomic mass is 79.9. The molecule has 0 bridgehead atoms. The summed E-state index contributed by atoms with van der Waals surface area (Å²) in [6.45, 7) is 3.81. The van der Waals surface area contributed by atoms with E-state index in [0.29, 0.717) is 43.8 Å². The maximum Gasteiger partial charge on any atom is 0.242 e. The number of amides is 4. The van der Waals surface area contributed by atoms with Crippen molar-refractivity contribution >= 4 is 96.2 Å². The van der Waals surface area contributed by atoms with Crippen molar-refractivity contribution in [3.05, 3.63) is 128 Å². The Labute approximate surface area is 386 Å². The minimum Gasteiger partial charge on any atom is -0.508 e. The predicted molar refractivity (Wildman–Crippen MR) is 252 cm³/mol. The highest BCUT2D eigenvalue weighted by Gasteiger charge is 2.68. The number of nitrogens with zero attached hydrogens (tertiary/aromatic N) is 4. The van der Waals surface area contributed by atoms with Crippen LogP contribution in [0.1, 0.15) is 47.9 Å². The first-order chi connectivity index (χ1) is 30.7. The normalized spacial score (nSPS) is 24.1. The number of methoxy groups -OCH3 is 2. The second-order valence-corrected chi connectivity index (χ2v) is 19.5. The molecule has 2 aliphatic heterocycles. The summed E-state index contributed by atoms with van der Waals surface area (Å²) in [5.41, 5.74) is 3.61. The van der Waals surface area contributed by atoms with Crippen molar-refractivity contribution in [1.82, 2.24) is 9.78 Å². The molecular weight excluding hydrogens is 916 g/mol. The maximum atomic E-state index is 15.3. The van der Waals surface area contributed by atoms with Crippen molar-refractivity contribution < 1.29 is 33.8 Å². The van der Waals surface area contributed by atoms with Gasteiger partial charge in [0.05, 0.1) is 48.0 Å². The number of carbonyl (C=O) groups is 4. The summed E-state index contributed by atoms with van der Waals surface area (Å²) >= 11 is 11.5. The third kappa shape index (κ3) is 6.37. The number of hydrogen-bond donors (Lipinski definition) is 1. The number of anilines is 2. The Morgan fingerprint density at radius 3 is 2.42 bits per heavy atom. The molecule has 2 aliphatic carbocycles. The highest BCUT2D eigenvalue weighted by molar-refractivity contribution is 9.10. The summed E-state index contributed by atoms with van der Waals surface area (Å²) in [4.78, 5) is 62.9. The van der Waals surface area contributed by atoms with Gasteiger partial charge in [-0.05, 0) is 116 Å². The molecule has 1 N–H and O–H groups in total. The van der Waals surface area contributed by atoms with Crippen LogP contribution in [-0.4, -0.2) is 52.7 Å². The Kier molecular flexibility index (Phi) is 10.2. The van der Waals surface area contributed by atoms with Crippen LogP contribution < -0.4 is 19.3 Å². The van der Waals surface area contributed by atoms with Crippen LogP contribution in [0.5, 0.6) is 17.2 Å². The van der Waals surface area contributed by atoms with Gasteiger partial charge in [-0.3, -0.25) is 28.8 Å². The molecule has 6 atom stereocenters. The standard InChI is InChI=1S/C50H42BrClN4O7S/c1-25-34-22-29(52)11-19-41(34)64-45(25)38-24-42(54(3)53-38)56-47(59)37-23-35-32(44(50(37,2)49(56)61)36-21-28(51)10-17-39(36)57)15-16-33-43(35)48(60)55(46(33)58)30-12-7-26(8-13-30)6-9-27-20-31(62-4)14-18-40(27)63-5/h6-15,17-22,24,33,35,37,43-44,57H,16,23H2,1-5H3. The molecule has 10 rings (SSSR count). The third-order valence-electron chi connectivity index (χ3n) is 13.8. The van der Waals surface area contributed by atoms with Gasteiger partial charge in [0.15, 0.2) is 0 Å². The number of fused-ring (bicyclic) bond motifs is 5. The number of rotatable bonds is 8. The number of imide groups is 2. The van der Waals surface area contributed by atoms with Crippen LogP contribution in [0.15, 0.2) is 101 Å². The summed E-state index contributed by atoms with van der Waals surface area (Å²) in [6.07, 6.45) is 6.24. The number of halogens is 2. The SMILES string of the molecule is COc1ccc(OC)c(C=Cc2ccc(N3C(=O)C4CC=C5C(CC6C(=O)N(c7cc(-c8sc9ccc(Cl)cc9c8C)nn7C)C(=O)C6(C)C5c5cc(Br)ccc5O)C4C3=O)cc2)c1. The van der Waals surface area contributed by atoms with E-state index in [1.54, 1.807) is 80.6 Å². The Morgan fingerprint density at radius 1 is 0.891 bits per heavy atom. The summed E-state index contributed by atoms with van der Waals surface area (Å²) in [5.74, 6) is -3.49. The second-order valence-electron chi connectivity index (χ2n) is 17.1. The number of carbonyl (C=O) groups excluding carboxylic acids is 4. The van der Waals surface area contributed by atoms with Gasteiger partial charge in [-0.15, -0.1) is 11.3 Å². The first kappa shape index (κ1) is 42.0. The van der Waals surface area contributed by atoms with E-state index in [0.717, 1.165) is 37.2 Å². The number of aromatic hydroxyl groups is 1. The zero-order valence-electron chi connectivity index (χ0n) is 35.5. The molecule has 3 fully saturated rings. The quantitative estimate of drug-likeness (QED) is 0.0907. The molecule has 64 heavy (non-hydrogen) atoms. The lowest BCUT2D eigenvalue weighted by Crippen LogP contribution is -2.49. The molecule has 4 amide bonds. The number of phenolic OH excluding ortho intramolecular Hbond substituents is 1. The van der Waals surface area contributed by atoms with Crippen LogP contribution in [0.25, 0.3) is 32.8 Å². The van der Waals surface area contributed by atoms with Crippen LogP contribution in [-0.2, 0) is 26.2 Å². The number of aryl methyl sites for hydroxylation is 2. The van der Waals surface area contributed by atoms with Crippen molar-refractivity contribution in [3.63, 3.8) is 0 Å². The first-order valence-electron chi connectivity index (χ1n) is 20.9. The van der Waals surface area contributed by atoms with E-state index in [1.807, 2.05) is 73.7 Å². The molecule has 4 aromatic carbocycles. The summed E-state index contributed by atoms with van der Waals surface area (Å²) in [7, 11) is 4.92. The molecule has 6 aromatic rings. The molecule has 4 aliphatic rings. The smallest absolute Gasteiger partial charge is 0.242 e. The first-order valence-corrected chi connectivity index (χ1v) is 22.9. The predicted octanol–water partition coefficient (Wildman–Crippen LogP) is 10.4. The number of benzene rings is 4. The van der Waals surface area contributed by atoms with E-state index in [2.05, 4.69) is 15.9 Å². The zero-order valence-corrected chi connectivity index (χ0v) is 38.6. The second kappa shape index (κ2) is 15.6. The minimum absolute atomic E-state index is 0.0341. The average Bonchev–Trinajstić information content (AvgIpc) is 3.96. The molecule has 324 valence electrons. The molecule has 2 aromatic heterocycles. The maximum absolute atomic E-state index is 15.3. The van der Waals surface area contributed by atoms with Crippen molar-refractivity contribution in [2.45, 2.75) is 32.6 Å². The van der Waals surface area contributed by atoms with Crippen LogP contribution in [0, 0.1) is 36.0 Å². The number of aromatic nitrogens is 2. The lowest BCUT2D eigenvalue weighted by Gasteiger charge is -2.49. The van der Waals surface area contributed by atoms with E-state index in [9.17, 15) is 14.7 Å². The molecule has 11 nitrogen and oxygen atoms in total. The monoisotopic (exact) mass is 956 g/mol. The lowest BCUT2D eigenvalue weighted by molar-refractivity contribution is -0.131. The number of ether oxygens (including phenoxy) is 2. The molecule has 6 unspecified atom stereocenters. The minimum atomic E-state index is -1.36. The Morgan fingerprint density at radius 2 is 1.67 bits per heavy atom. The zero-order chi connectivity index (χ0) is 44.9. The van der Waals surface area contributed by atoms with Gasteiger partial charge in [-0.1, -0.05) is 63.5 Å². The van der Waals surface area contributed by atoms with Crippen molar-refractivity contribution in [1.29, 1.82) is 0 Å². The van der Waals surface area contributed by atoms with Gasteiger partial charge in [0, 0.05) is 44.4 Å².